The summed E-state index contributed by atoms with van der Waals surface area (Å²) in [7, 11) is 0. The molecule has 0 spiro atoms. The number of rotatable bonds is 3. The highest BCUT2D eigenvalue weighted by atomic mass is 14.9. The molecule has 1 saturated carbocycles. The van der Waals surface area contributed by atoms with Crippen molar-refractivity contribution in [1.29, 1.82) is 0 Å². The Balaban J connectivity index is 2.11. The number of nitrogens with one attached hydrogen (secondary N) is 1. The maximum Gasteiger partial charge on any atom is 0.0579 e. The Morgan fingerprint density at radius 2 is 2.14 bits per heavy atom. The van der Waals surface area contributed by atoms with Crippen LogP contribution < -0.4 is 11.1 Å². The summed E-state index contributed by atoms with van der Waals surface area (Å²) in [5, 5.41) is 3.49. The highest BCUT2D eigenvalue weighted by Crippen LogP contribution is 2.35. The highest BCUT2D eigenvalue weighted by Gasteiger charge is 2.27. The van der Waals surface area contributed by atoms with Gasteiger partial charge in [0.1, 0.15) is 0 Å². The van der Waals surface area contributed by atoms with Crippen LogP contribution >= 0.6 is 0 Å². The van der Waals surface area contributed by atoms with Gasteiger partial charge in [-0.2, -0.15) is 0 Å². The first-order chi connectivity index (χ1) is 6.68. The van der Waals surface area contributed by atoms with E-state index in [0.29, 0.717) is 6.04 Å². The van der Waals surface area contributed by atoms with Crippen molar-refractivity contribution in [3.8, 4) is 0 Å². The fourth-order valence-corrected chi connectivity index (χ4v) is 1.77. The molecule has 1 aromatic carbocycles. The number of hydrogen-bond donors (Lipinski definition) is 2. The molecule has 0 heterocycles. The van der Waals surface area contributed by atoms with Crippen LogP contribution in [0.4, 0.5) is 11.4 Å². The molecule has 1 unspecified atom stereocenters. The minimum absolute atomic E-state index is 0.555. The molecule has 1 atom stereocenters. The predicted molar refractivity (Wildman–Crippen MR) is 61.4 cm³/mol. The molecule has 1 fully saturated rings. The second-order valence-corrected chi connectivity index (χ2v) is 4.31. The second-order valence-electron chi connectivity index (χ2n) is 4.31. The van der Waals surface area contributed by atoms with Crippen LogP contribution in [0, 0.1) is 12.8 Å². The van der Waals surface area contributed by atoms with Gasteiger partial charge in [0.25, 0.3) is 0 Å². The van der Waals surface area contributed by atoms with E-state index < -0.39 is 0 Å². The molecule has 2 rings (SSSR count). The van der Waals surface area contributed by atoms with Gasteiger partial charge in [-0.25, -0.2) is 0 Å². The third kappa shape index (κ3) is 1.84. The zero-order valence-electron chi connectivity index (χ0n) is 8.88. The van der Waals surface area contributed by atoms with E-state index in [1.54, 1.807) is 0 Å². The summed E-state index contributed by atoms with van der Waals surface area (Å²) in [6.45, 7) is 4.28. The van der Waals surface area contributed by atoms with E-state index >= 15 is 0 Å². The van der Waals surface area contributed by atoms with Crippen LogP contribution in [0.25, 0.3) is 0 Å². The number of nitrogens with two attached hydrogens (primary N) is 1. The minimum Gasteiger partial charge on any atom is -0.397 e. The Hall–Kier alpha value is -1.18. The monoisotopic (exact) mass is 190 g/mol. The second kappa shape index (κ2) is 3.52. The molecule has 1 aliphatic carbocycles. The van der Waals surface area contributed by atoms with Crippen molar-refractivity contribution in [2.24, 2.45) is 5.92 Å². The number of hydrogen-bond acceptors (Lipinski definition) is 2. The van der Waals surface area contributed by atoms with E-state index in [-0.39, 0.29) is 0 Å². The molecule has 1 aromatic rings. The van der Waals surface area contributed by atoms with Gasteiger partial charge in [-0.3, -0.25) is 0 Å². The first kappa shape index (κ1) is 9.38. The van der Waals surface area contributed by atoms with Crippen LogP contribution in [0.2, 0.25) is 0 Å². The van der Waals surface area contributed by atoms with Crippen molar-refractivity contribution in [3.63, 3.8) is 0 Å². The summed E-state index contributed by atoms with van der Waals surface area (Å²) in [6, 6.07) is 6.70. The Kier molecular flexibility index (Phi) is 2.36. The molecule has 0 aliphatic heterocycles. The minimum atomic E-state index is 0.555. The normalized spacial score (nSPS) is 17.9. The first-order valence-electron chi connectivity index (χ1n) is 5.30. The van der Waals surface area contributed by atoms with Gasteiger partial charge < -0.3 is 11.1 Å². The van der Waals surface area contributed by atoms with Crippen molar-refractivity contribution in [3.05, 3.63) is 23.8 Å². The topological polar surface area (TPSA) is 38.0 Å². The van der Waals surface area contributed by atoms with Gasteiger partial charge in [0.05, 0.1) is 11.4 Å². The van der Waals surface area contributed by atoms with E-state index in [4.69, 9.17) is 5.73 Å². The van der Waals surface area contributed by atoms with Crippen LogP contribution in [0.1, 0.15) is 25.3 Å². The third-order valence-corrected chi connectivity index (χ3v) is 3.04. The Bertz CT molecular complexity index is 329. The van der Waals surface area contributed by atoms with Crippen molar-refractivity contribution in [1.82, 2.24) is 0 Å². The SMILES string of the molecule is Cc1cccc(NC(C)C2CC2)c1N. The number of benzene rings is 1. The van der Waals surface area contributed by atoms with E-state index in [2.05, 4.69) is 18.3 Å². The Morgan fingerprint density at radius 1 is 1.43 bits per heavy atom. The van der Waals surface area contributed by atoms with Gasteiger partial charge in [0.15, 0.2) is 0 Å². The summed E-state index contributed by atoms with van der Waals surface area (Å²) in [5.74, 6) is 0.856. The molecule has 1 aliphatic rings. The van der Waals surface area contributed by atoms with Crippen molar-refractivity contribution in [2.75, 3.05) is 11.1 Å². The van der Waals surface area contributed by atoms with Gasteiger partial charge >= 0.3 is 0 Å². The molecule has 2 heteroatoms. The van der Waals surface area contributed by atoms with Gasteiger partial charge in [0.2, 0.25) is 0 Å². The number of nitrogen functional groups attached to an aromatic ring is 1. The van der Waals surface area contributed by atoms with Crippen LogP contribution in [-0.4, -0.2) is 6.04 Å². The molecule has 0 bridgehead atoms. The quantitative estimate of drug-likeness (QED) is 0.719. The summed E-state index contributed by atoms with van der Waals surface area (Å²) in [6.07, 6.45) is 2.72. The summed E-state index contributed by atoms with van der Waals surface area (Å²) in [5.41, 5.74) is 9.12. The van der Waals surface area contributed by atoms with Gasteiger partial charge in [-0.15, -0.1) is 0 Å². The molecule has 3 N–H and O–H groups in total. The molecular weight excluding hydrogens is 172 g/mol. The smallest absolute Gasteiger partial charge is 0.0579 e. The van der Waals surface area contributed by atoms with Crippen molar-refractivity contribution >= 4 is 11.4 Å². The average molecular weight is 190 g/mol. The summed E-state index contributed by atoms with van der Waals surface area (Å²) >= 11 is 0. The molecule has 2 nitrogen and oxygen atoms in total. The van der Waals surface area contributed by atoms with Crippen LogP contribution in [0.5, 0.6) is 0 Å². The lowest BCUT2D eigenvalue weighted by atomic mass is 10.1. The van der Waals surface area contributed by atoms with Crippen LogP contribution in [0.15, 0.2) is 18.2 Å². The lowest BCUT2D eigenvalue weighted by Gasteiger charge is -2.16. The Labute approximate surface area is 85.5 Å². The predicted octanol–water partition coefficient (Wildman–Crippen LogP) is 2.79. The number of aryl methyl sites for hydroxylation is 1. The molecule has 0 aromatic heterocycles. The molecule has 0 amide bonds. The largest absolute Gasteiger partial charge is 0.397 e. The molecule has 0 radical (unpaired) electrons. The van der Waals surface area contributed by atoms with E-state index in [1.807, 2.05) is 19.1 Å². The summed E-state index contributed by atoms with van der Waals surface area (Å²) in [4.78, 5) is 0. The van der Waals surface area contributed by atoms with Gasteiger partial charge in [0, 0.05) is 6.04 Å². The maximum absolute atomic E-state index is 5.99. The maximum atomic E-state index is 5.99. The highest BCUT2D eigenvalue weighted by molar-refractivity contribution is 5.69. The average Bonchev–Trinajstić information content (AvgIpc) is 2.95. The first-order valence-corrected chi connectivity index (χ1v) is 5.30. The van der Waals surface area contributed by atoms with Gasteiger partial charge in [-0.1, -0.05) is 12.1 Å². The molecular formula is C12H18N2. The molecule has 76 valence electrons. The fraction of sp³-hybridized carbons (Fsp3) is 0.500. The van der Waals surface area contributed by atoms with Crippen molar-refractivity contribution in [2.45, 2.75) is 32.7 Å². The zero-order valence-corrected chi connectivity index (χ0v) is 8.88. The lowest BCUT2D eigenvalue weighted by Crippen LogP contribution is -2.18. The van der Waals surface area contributed by atoms with Gasteiger partial charge in [-0.05, 0) is 44.2 Å². The molecule has 0 saturated heterocycles. The van der Waals surface area contributed by atoms with Crippen LogP contribution in [-0.2, 0) is 0 Å². The van der Waals surface area contributed by atoms with E-state index in [0.717, 1.165) is 22.9 Å². The fourth-order valence-electron chi connectivity index (χ4n) is 1.77. The Morgan fingerprint density at radius 3 is 2.79 bits per heavy atom. The number of para-hydroxylation sites is 1. The summed E-state index contributed by atoms with van der Waals surface area (Å²) < 4.78 is 0. The van der Waals surface area contributed by atoms with Crippen molar-refractivity contribution < 1.29 is 0 Å². The number of anilines is 2. The third-order valence-electron chi connectivity index (χ3n) is 3.04. The van der Waals surface area contributed by atoms with Crippen LogP contribution in [0.3, 0.4) is 0 Å². The van der Waals surface area contributed by atoms with E-state index in [9.17, 15) is 0 Å². The zero-order chi connectivity index (χ0) is 10.1. The lowest BCUT2D eigenvalue weighted by molar-refractivity contribution is 0.694. The van der Waals surface area contributed by atoms with E-state index in [1.165, 1.54) is 12.8 Å². The standard InChI is InChI=1S/C12H18N2/c1-8-4-3-5-11(12(8)13)14-9(2)10-6-7-10/h3-5,9-10,14H,6-7,13H2,1-2H3. The molecule has 14 heavy (non-hydrogen) atoms.